The first-order valence-corrected chi connectivity index (χ1v) is 26.8. The average molecular weight is 875 g/mol. The molecule has 0 fully saturated rings. The van der Waals surface area contributed by atoms with E-state index in [4.69, 9.17) is 0 Å². The third-order valence-electron chi connectivity index (χ3n) is 25.7. The maximum atomic E-state index is 2.60. The Balaban J connectivity index is 1.20. The Labute approximate surface area is 393 Å². The molecular weight excluding hydrogens is 865 g/mol. The van der Waals surface area contributed by atoms with Crippen molar-refractivity contribution in [2.24, 2.45) is 0 Å². The molecule has 0 bridgehead atoms. The van der Waals surface area contributed by atoms with Crippen LogP contribution in [-0.4, -0.2) is 0 Å². The van der Waals surface area contributed by atoms with Crippen LogP contribution in [0.2, 0.25) is 0 Å². The topological polar surface area (TPSA) is 0 Å². The minimum absolute atomic E-state index is 0.457. The zero-order valence-corrected chi connectivity index (χ0v) is 36.8. The number of rotatable bonds is 2. The zero-order chi connectivity index (χ0) is 42.7. The third kappa shape index (κ3) is 1.43. The van der Waals surface area contributed by atoms with Crippen LogP contribution in [0.15, 0.2) is 60.7 Å². The molecule has 0 N–H and O–H groups in total. The van der Waals surface area contributed by atoms with Gasteiger partial charge in [-0.1, -0.05) is 60.7 Å². The van der Waals surface area contributed by atoms with Gasteiger partial charge in [-0.25, -0.2) is 0 Å². The van der Waals surface area contributed by atoms with Crippen molar-refractivity contribution in [3.8, 4) is 0 Å². The quantitative estimate of drug-likeness (QED) is 0.152. The predicted molar refractivity (Wildman–Crippen MR) is 303 cm³/mol. The number of hydrogen-bond acceptors (Lipinski definition) is 0. The summed E-state index contributed by atoms with van der Waals surface area (Å²) in [5.41, 5.74) is 12.2. The summed E-state index contributed by atoms with van der Waals surface area (Å²) in [5, 5.41) is 85.7. The monoisotopic (exact) mass is 874 g/mol. The van der Waals surface area contributed by atoms with E-state index in [-0.39, 0.29) is 0 Å². The highest BCUT2D eigenvalue weighted by Gasteiger charge is 2.67. The number of hydrogen-bond donors (Lipinski definition) is 0. The van der Waals surface area contributed by atoms with Gasteiger partial charge in [0.1, 0.15) is 0 Å². The standard InChI is InChI=1S/C72H10/c1-3-7-11(8-4-1)71-65-57-48-41-28-21-15-16-18-14-13-17(15)26(28)32-30-19(13)23-20(14)31-33-27(18)29-22(16)25-24(21)35-43-36(25)45-42(29)49-47(33)51-38(31)40-34(23)39-37(30)50(46(32)48)61(65)63-52(39)53(40)64-62(51)66-58(49)55(45)60-56(43)59(54(57)44(35)41)67(71)68(60)72(66,70(64)69(63)71)12-9-5-2-6-10-12/h1-10H/t71-,72+. The van der Waals surface area contributed by atoms with Gasteiger partial charge in [0.2, 0.25) is 0 Å². The lowest BCUT2D eigenvalue weighted by Gasteiger charge is -2.49. The molecule has 0 aliphatic heterocycles. The maximum Gasteiger partial charge on any atom is 0.0733 e. The molecule has 0 aromatic heterocycles. The van der Waals surface area contributed by atoms with Gasteiger partial charge in [0.15, 0.2) is 0 Å². The molecule has 0 nitrogen and oxygen atoms in total. The van der Waals surface area contributed by atoms with Gasteiger partial charge in [-0.15, -0.1) is 0 Å². The van der Waals surface area contributed by atoms with Crippen LogP contribution >= 0.6 is 0 Å². The van der Waals surface area contributed by atoms with E-state index in [1.807, 2.05) is 0 Å². The lowest BCUT2D eigenvalue weighted by atomic mass is 9.51. The molecule has 72 heavy (non-hydrogen) atoms. The zero-order valence-electron chi connectivity index (χ0n) is 36.8. The lowest BCUT2D eigenvalue weighted by Crippen LogP contribution is -2.43. The van der Waals surface area contributed by atoms with Crippen LogP contribution in [0.3, 0.4) is 0 Å². The fraction of sp³-hybridized carbons (Fsp3) is 0.0278. The molecule has 5 aliphatic rings. The van der Waals surface area contributed by atoms with Crippen molar-refractivity contribution in [3.63, 3.8) is 0 Å². The van der Waals surface area contributed by atoms with Gasteiger partial charge < -0.3 is 0 Å². The Morgan fingerprint density at radius 1 is 0.125 bits per heavy atom. The molecule has 0 radical (unpaired) electrons. The summed E-state index contributed by atoms with van der Waals surface area (Å²) in [6, 6.07) is 24.6. The van der Waals surface area contributed by atoms with Gasteiger partial charge in [0.25, 0.3) is 0 Å². The molecule has 298 valence electrons. The SMILES string of the molecule is c1ccc([C@]23c4c5c6c7c8c9c%10c%11c(c2c2c%12c3c3c%13c4c6c4c6c%13c%13c3c3c%12c%12c%14c2c%11c2c%11c%10c%10c8c8c7c4c4c6c6c%13c7c3c%12c3c(c%142)c2c%11c%10c%10c8c4c4c%10c2c3c7c64)[C@@]59c2ccccc2)cc1. The fourth-order valence-electron chi connectivity index (χ4n) is 25.5. The molecule has 0 heteroatoms. The van der Waals surface area contributed by atoms with E-state index in [0.717, 1.165) is 0 Å². The van der Waals surface area contributed by atoms with E-state index < -0.39 is 10.8 Å². The van der Waals surface area contributed by atoms with Crippen LogP contribution in [0.25, 0.3) is 280 Å². The summed E-state index contributed by atoms with van der Waals surface area (Å²) < 4.78 is 0. The van der Waals surface area contributed by atoms with E-state index in [2.05, 4.69) is 60.7 Å². The van der Waals surface area contributed by atoms with Gasteiger partial charge >= 0.3 is 0 Å². The van der Waals surface area contributed by atoms with Crippen molar-refractivity contribution in [1.82, 2.24) is 0 Å². The Kier molecular flexibility index (Phi) is 2.29. The van der Waals surface area contributed by atoms with Gasteiger partial charge in [0, 0.05) is 0 Å². The lowest BCUT2D eigenvalue weighted by molar-refractivity contribution is 0.660. The van der Waals surface area contributed by atoms with E-state index >= 15 is 0 Å². The second-order valence-corrected chi connectivity index (χ2v) is 26.0. The molecule has 2 atom stereocenters. The molecule has 0 unspecified atom stereocenters. The second kappa shape index (κ2) is 6.17. The van der Waals surface area contributed by atoms with Gasteiger partial charge in [0.05, 0.1) is 10.8 Å². The van der Waals surface area contributed by atoms with Gasteiger partial charge in [-0.05, 0) is 325 Å². The predicted octanol–water partition coefficient (Wildman–Crippen LogP) is 19.1. The molecule has 0 saturated carbocycles. The minimum Gasteiger partial charge on any atom is -0.0622 e. The maximum absolute atomic E-state index is 2.60. The first-order valence-electron chi connectivity index (χ1n) is 26.8. The Morgan fingerprint density at radius 3 is 0.444 bits per heavy atom. The molecule has 0 spiro atoms. The van der Waals surface area contributed by atoms with Crippen molar-refractivity contribution in [3.05, 3.63) is 105 Å². The highest BCUT2D eigenvalue weighted by molar-refractivity contribution is 6.81. The van der Waals surface area contributed by atoms with Crippen molar-refractivity contribution in [2.45, 2.75) is 10.8 Å². The average Bonchev–Trinajstić information content (AvgIpc) is 4.41. The van der Waals surface area contributed by atoms with E-state index in [1.165, 1.54) is 11.1 Å². The second-order valence-electron chi connectivity index (χ2n) is 26.0. The molecule has 0 heterocycles. The van der Waals surface area contributed by atoms with Gasteiger partial charge in [-0.3, -0.25) is 0 Å². The summed E-state index contributed by atoms with van der Waals surface area (Å²) in [4.78, 5) is 0. The van der Waals surface area contributed by atoms with Crippen molar-refractivity contribution in [1.29, 1.82) is 0 Å². The van der Waals surface area contributed by atoms with Crippen molar-refractivity contribution < 1.29 is 0 Å². The summed E-state index contributed by atoms with van der Waals surface area (Å²) in [6.07, 6.45) is 0. The summed E-state index contributed by atoms with van der Waals surface area (Å²) in [6.45, 7) is 0. The first-order chi connectivity index (χ1) is 35.9. The molecule has 29 aromatic carbocycles. The molecule has 29 aromatic rings. The largest absolute Gasteiger partial charge is 0.0733 e. The first kappa shape index (κ1) is 26.8. The van der Waals surface area contributed by atoms with E-state index in [9.17, 15) is 0 Å². The Hall–Kier alpha value is -9.10. The molecular formula is C72H10. The van der Waals surface area contributed by atoms with E-state index in [0.29, 0.717) is 0 Å². The molecule has 34 rings (SSSR count). The van der Waals surface area contributed by atoms with Crippen LogP contribution in [0.4, 0.5) is 0 Å². The summed E-state index contributed by atoms with van der Waals surface area (Å²) >= 11 is 0. The normalized spacial score (nSPS) is 21.4. The van der Waals surface area contributed by atoms with Crippen LogP contribution < -0.4 is 0 Å². The summed E-state index contributed by atoms with van der Waals surface area (Å²) in [7, 11) is 0. The smallest absolute Gasteiger partial charge is 0.0622 e. The van der Waals surface area contributed by atoms with Crippen LogP contribution in [-0.2, 0) is 10.8 Å². The molecule has 0 saturated heterocycles. The fourth-order valence-corrected chi connectivity index (χ4v) is 25.5. The van der Waals surface area contributed by atoms with E-state index in [1.54, 1.807) is 313 Å². The van der Waals surface area contributed by atoms with Crippen LogP contribution in [0.5, 0.6) is 0 Å². The molecule has 0 amide bonds. The minimum atomic E-state index is -0.457. The third-order valence-corrected chi connectivity index (χ3v) is 25.7. The van der Waals surface area contributed by atoms with Crippen molar-refractivity contribution in [2.75, 3.05) is 0 Å². The van der Waals surface area contributed by atoms with Crippen LogP contribution in [0.1, 0.15) is 44.5 Å². The van der Waals surface area contributed by atoms with Gasteiger partial charge in [-0.2, -0.15) is 0 Å². The summed E-state index contributed by atoms with van der Waals surface area (Å²) in [5.74, 6) is 0. The highest BCUT2D eigenvalue weighted by atomic mass is 14.7. The Bertz CT molecular complexity index is 7230. The van der Waals surface area contributed by atoms with Crippen LogP contribution in [0, 0.1) is 0 Å². The highest BCUT2D eigenvalue weighted by Crippen LogP contribution is 2.85. The molecule has 5 aliphatic carbocycles. The van der Waals surface area contributed by atoms with Crippen molar-refractivity contribution >= 4 is 280 Å². The Morgan fingerprint density at radius 2 is 0.250 bits per heavy atom. The number of benzene rings is 19.